The van der Waals surface area contributed by atoms with Crippen LogP contribution in [0.4, 0.5) is 27.7 Å². The number of anilines is 4. The van der Waals surface area contributed by atoms with Crippen LogP contribution < -0.4 is 15.5 Å². The van der Waals surface area contributed by atoms with Crippen molar-refractivity contribution >= 4 is 29.2 Å². The average Bonchev–Trinajstić information content (AvgIpc) is 3.35. The van der Waals surface area contributed by atoms with Gasteiger partial charge in [0.25, 0.3) is 0 Å². The number of pyridine rings is 2. The third kappa shape index (κ3) is 6.14. The Hall–Kier alpha value is -4.21. The number of carbonyl (C=O) groups excluding carboxylic acids is 1. The predicted octanol–water partition coefficient (Wildman–Crippen LogP) is 2.37. The number of hydrogen-bond donors (Lipinski definition) is 2. The van der Waals surface area contributed by atoms with Crippen LogP contribution in [0.3, 0.4) is 0 Å². The molecular weight excluding hydrogens is 477 g/mol. The molecule has 11 nitrogen and oxygen atoms in total. The molecule has 1 amide bonds. The molecule has 0 aromatic carbocycles. The van der Waals surface area contributed by atoms with Gasteiger partial charge in [0.15, 0.2) is 0 Å². The van der Waals surface area contributed by atoms with Crippen molar-refractivity contribution in [1.82, 2.24) is 24.8 Å². The standard InChI is InChI=1S/C25H26FN9O2/c26-19-3-6-35(15-19)24-17(13-27)11-18(14-30-24)21-2-5-29-25(32-21)31-20-1-4-28-22(12-20)33-23(36)16-34-7-9-37-10-8-34/h1-2,4-5,11-12,14,19H,3,6-10,15-16H2,(H2,28,29,31,32,33,36). The highest BCUT2D eigenvalue weighted by molar-refractivity contribution is 5.91. The fourth-order valence-corrected chi connectivity index (χ4v) is 4.27. The number of hydrogen-bond acceptors (Lipinski definition) is 10. The molecule has 0 bridgehead atoms. The molecule has 0 spiro atoms. The van der Waals surface area contributed by atoms with Crippen LogP contribution in [0, 0.1) is 11.3 Å². The lowest BCUT2D eigenvalue weighted by molar-refractivity contribution is -0.118. The third-order valence-corrected chi connectivity index (χ3v) is 6.12. The number of alkyl halides is 1. The first-order chi connectivity index (χ1) is 18.1. The van der Waals surface area contributed by atoms with Gasteiger partial charge in [-0.25, -0.2) is 24.3 Å². The monoisotopic (exact) mass is 503 g/mol. The van der Waals surface area contributed by atoms with E-state index in [1.54, 1.807) is 47.8 Å². The van der Waals surface area contributed by atoms with Gasteiger partial charge < -0.3 is 20.3 Å². The number of halogens is 1. The van der Waals surface area contributed by atoms with Crippen LogP contribution >= 0.6 is 0 Å². The summed E-state index contributed by atoms with van der Waals surface area (Å²) in [4.78, 5) is 33.7. The van der Waals surface area contributed by atoms with E-state index in [-0.39, 0.29) is 19.0 Å². The van der Waals surface area contributed by atoms with Crippen LogP contribution in [0.15, 0.2) is 42.9 Å². The van der Waals surface area contributed by atoms with Gasteiger partial charge in [-0.05, 0) is 24.6 Å². The van der Waals surface area contributed by atoms with E-state index < -0.39 is 6.17 Å². The fourth-order valence-electron chi connectivity index (χ4n) is 4.27. The molecule has 12 heteroatoms. The number of nitrogens with one attached hydrogen (secondary N) is 2. The van der Waals surface area contributed by atoms with Crippen LogP contribution in [0.2, 0.25) is 0 Å². The van der Waals surface area contributed by atoms with Crippen molar-refractivity contribution in [2.45, 2.75) is 12.6 Å². The zero-order valence-corrected chi connectivity index (χ0v) is 20.1. The minimum Gasteiger partial charge on any atom is -0.379 e. The lowest BCUT2D eigenvalue weighted by atomic mass is 10.1. The molecule has 0 radical (unpaired) electrons. The molecule has 2 N–H and O–H groups in total. The molecule has 0 saturated carbocycles. The van der Waals surface area contributed by atoms with Gasteiger partial charge >= 0.3 is 0 Å². The Labute approximate surface area is 213 Å². The largest absolute Gasteiger partial charge is 0.379 e. The molecule has 37 heavy (non-hydrogen) atoms. The number of nitriles is 1. The summed E-state index contributed by atoms with van der Waals surface area (Å²) in [7, 11) is 0. The normalized spacial score (nSPS) is 17.8. The second-order valence-electron chi connectivity index (χ2n) is 8.80. The predicted molar refractivity (Wildman–Crippen MR) is 135 cm³/mol. The van der Waals surface area contributed by atoms with E-state index in [0.717, 1.165) is 13.1 Å². The summed E-state index contributed by atoms with van der Waals surface area (Å²) in [6.45, 7) is 3.74. The number of morpholine rings is 1. The topological polar surface area (TPSA) is 132 Å². The Bertz CT molecular complexity index is 1310. The molecular formula is C25H26FN9O2. The molecule has 2 aliphatic heterocycles. The first-order valence-corrected chi connectivity index (χ1v) is 12.0. The maximum atomic E-state index is 13.6. The van der Waals surface area contributed by atoms with Gasteiger partial charge in [-0.1, -0.05) is 0 Å². The average molecular weight is 504 g/mol. The van der Waals surface area contributed by atoms with Crippen LogP contribution in [0.25, 0.3) is 11.3 Å². The molecule has 5 rings (SSSR count). The van der Waals surface area contributed by atoms with Crippen molar-refractivity contribution in [2.24, 2.45) is 0 Å². The van der Waals surface area contributed by atoms with Crippen molar-refractivity contribution in [3.8, 4) is 17.3 Å². The van der Waals surface area contributed by atoms with E-state index in [2.05, 4.69) is 36.6 Å². The van der Waals surface area contributed by atoms with Crippen LogP contribution in [-0.2, 0) is 9.53 Å². The van der Waals surface area contributed by atoms with Gasteiger partial charge in [-0.2, -0.15) is 5.26 Å². The Morgan fingerprint density at radius 3 is 2.78 bits per heavy atom. The molecule has 3 aromatic rings. The zero-order valence-electron chi connectivity index (χ0n) is 20.1. The second kappa shape index (κ2) is 11.2. The number of carbonyl (C=O) groups is 1. The van der Waals surface area contributed by atoms with E-state index in [1.165, 1.54) is 0 Å². The zero-order chi connectivity index (χ0) is 25.6. The summed E-state index contributed by atoms with van der Waals surface area (Å²) < 4.78 is 19.0. The second-order valence-corrected chi connectivity index (χ2v) is 8.80. The first-order valence-electron chi connectivity index (χ1n) is 12.0. The summed E-state index contributed by atoms with van der Waals surface area (Å²) >= 11 is 0. The Kier molecular flexibility index (Phi) is 7.43. The van der Waals surface area contributed by atoms with Gasteiger partial charge in [-0.3, -0.25) is 9.69 Å². The quantitative estimate of drug-likeness (QED) is 0.495. The molecule has 0 aliphatic carbocycles. The summed E-state index contributed by atoms with van der Waals surface area (Å²) in [5, 5.41) is 15.6. The summed E-state index contributed by atoms with van der Waals surface area (Å²) in [6, 6.07) is 9.03. The molecule has 1 unspecified atom stereocenters. The summed E-state index contributed by atoms with van der Waals surface area (Å²) in [5.41, 5.74) is 2.24. The molecule has 2 saturated heterocycles. The number of nitrogens with zero attached hydrogens (tertiary/aromatic N) is 7. The molecule has 3 aromatic heterocycles. The van der Waals surface area contributed by atoms with E-state index in [4.69, 9.17) is 4.74 Å². The molecule has 5 heterocycles. The number of rotatable bonds is 7. The molecule has 2 fully saturated rings. The summed E-state index contributed by atoms with van der Waals surface area (Å²) in [5.74, 6) is 1.08. The van der Waals surface area contributed by atoms with E-state index in [9.17, 15) is 14.4 Å². The van der Waals surface area contributed by atoms with Gasteiger partial charge in [0.2, 0.25) is 11.9 Å². The Morgan fingerprint density at radius 1 is 1.16 bits per heavy atom. The molecule has 2 aliphatic rings. The minimum atomic E-state index is -0.907. The maximum Gasteiger partial charge on any atom is 0.239 e. The van der Waals surface area contributed by atoms with Crippen LogP contribution in [0.5, 0.6) is 0 Å². The van der Waals surface area contributed by atoms with E-state index >= 15 is 0 Å². The Morgan fingerprint density at radius 2 is 2.00 bits per heavy atom. The van der Waals surface area contributed by atoms with Gasteiger partial charge in [0.1, 0.15) is 23.9 Å². The maximum absolute atomic E-state index is 13.6. The van der Waals surface area contributed by atoms with Crippen molar-refractivity contribution in [3.05, 3.63) is 48.4 Å². The lowest BCUT2D eigenvalue weighted by Gasteiger charge is -2.25. The number of aromatic nitrogens is 4. The highest BCUT2D eigenvalue weighted by Gasteiger charge is 2.25. The number of amides is 1. The SMILES string of the molecule is N#Cc1cc(-c2ccnc(Nc3ccnc(NC(=O)CN4CCOCC4)c3)n2)cnc1N1CCC(F)C1. The van der Waals surface area contributed by atoms with E-state index in [1.807, 2.05) is 4.90 Å². The Balaban J connectivity index is 1.27. The third-order valence-electron chi connectivity index (χ3n) is 6.12. The molecule has 1 atom stereocenters. The summed E-state index contributed by atoms with van der Waals surface area (Å²) in [6.07, 6.45) is 4.34. The van der Waals surface area contributed by atoms with Crippen molar-refractivity contribution in [1.29, 1.82) is 5.26 Å². The lowest BCUT2D eigenvalue weighted by Crippen LogP contribution is -2.41. The van der Waals surface area contributed by atoms with Crippen molar-refractivity contribution in [3.63, 3.8) is 0 Å². The van der Waals surface area contributed by atoms with Crippen LogP contribution in [-0.4, -0.2) is 82.9 Å². The van der Waals surface area contributed by atoms with E-state index in [0.29, 0.717) is 66.3 Å². The minimum absolute atomic E-state index is 0.148. The first kappa shape index (κ1) is 24.5. The van der Waals surface area contributed by atoms with Gasteiger partial charge in [0.05, 0.1) is 37.6 Å². The highest BCUT2D eigenvalue weighted by atomic mass is 19.1. The fraction of sp³-hybridized carbons (Fsp3) is 0.360. The van der Waals surface area contributed by atoms with Gasteiger partial charge in [0, 0.05) is 55.5 Å². The highest BCUT2D eigenvalue weighted by Crippen LogP contribution is 2.27. The van der Waals surface area contributed by atoms with Crippen molar-refractivity contribution in [2.75, 3.05) is 61.5 Å². The van der Waals surface area contributed by atoms with Crippen LogP contribution in [0.1, 0.15) is 12.0 Å². The molecule has 190 valence electrons. The van der Waals surface area contributed by atoms with Gasteiger partial charge in [-0.15, -0.1) is 0 Å². The number of ether oxygens (including phenoxy) is 1. The van der Waals surface area contributed by atoms with Crippen molar-refractivity contribution < 1.29 is 13.9 Å². The smallest absolute Gasteiger partial charge is 0.239 e.